The van der Waals surface area contributed by atoms with E-state index in [0.717, 1.165) is 13.1 Å². The molecule has 1 fully saturated rings. The molecule has 9 nitrogen and oxygen atoms in total. The van der Waals surface area contributed by atoms with Crippen molar-refractivity contribution in [3.8, 4) is 5.82 Å². The van der Waals surface area contributed by atoms with E-state index < -0.39 is 4.92 Å². The average Bonchev–Trinajstić information content (AvgIpc) is 3.24. The van der Waals surface area contributed by atoms with Gasteiger partial charge in [0.25, 0.3) is 0 Å². The first-order valence-corrected chi connectivity index (χ1v) is 9.10. The van der Waals surface area contributed by atoms with Gasteiger partial charge in [-0.15, -0.1) is 0 Å². The number of aromatic nitrogens is 4. The van der Waals surface area contributed by atoms with Gasteiger partial charge in [-0.05, 0) is 31.0 Å². The van der Waals surface area contributed by atoms with Crippen LogP contribution in [0.1, 0.15) is 11.1 Å². The number of nitrogens with zero attached hydrogens (tertiary/aromatic N) is 7. The van der Waals surface area contributed by atoms with E-state index in [-0.39, 0.29) is 11.5 Å². The number of nitro groups is 1. The number of aryl methyl sites for hydroxylation is 1. The Balaban J connectivity index is 1.61. The van der Waals surface area contributed by atoms with Crippen LogP contribution in [0.5, 0.6) is 0 Å². The molecule has 0 unspecified atom stereocenters. The van der Waals surface area contributed by atoms with Gasteiger partial charge < -0.3 is 9.80 Å². The second kappa shape index (κ2) is 7.26. The minimum atomic E-state index is -0.415. The van der Waals surface area contributed by atoms with E-state index in [1.807, 2.05) is 4.90 Å². The molecular weight excluding hydrogens is 358 g/mol. The van der Waals surface area contributed by atoms with Crippen molar-refractivity contribution in [3.05, 3.63) is 64.5 Å². The summed E-state index contributed by atoms with van der Waals surface area (Å²) in [6.07, 6.45) is 6.07. The Morgan fingerprint density at radius 2 is 1.75 bits per heavy atom. The molecule has 0 radical (unpaired) electrons. The Hall–Kier alpha value is -3.49. The maximum atomic E-state index is 11.8. The molecule has 9 heteroatoms. The van der Waals surface area contributed by atoms with Crippen LogP contribution in [-0.2, 0) is 0 Å². The molecule has 1 aromatic carbocycles. The maximum absolute atomic E-state index is 11.8. The largest absolute Gasteiger partial charge is 0.368 e. The fraction of sp³-hybridized carbons (Fsp3) is 0.316. The van der Waals surface area contributed by atoms with Crippen molar-refractivity contribution in [3.63, 3.8) is 0 Å². The van der Waals surface area contributed by atoms with Crippen molar-refractivity contribution in [2.24, 2.45) is 0 Å². The van der Waals surface area contributed by atoms with E-state index in [4.69, 9.17) is 0 Å². The zero-order chi connectivity index (χ0) is 19.7. The minimum Gasteiger partial charge on any atom is -0.368 e. The first-order chi connectivity index (χ1) is 13.6. The number of anilines is 2. The molecule has 144 valence electrons. The Bertz CT molecular complexity index is 996. The van der Waals surface area contributed by atoms with Gasteiger partial charge in [0.15, 0.2) is 0 Å². The van der Waals surface area contributed by atoms with Gasteiger partial charge in [0, 0.05) is 44.3 Å². The fourth-order valence-electron chi connectivity index (χ4n) is 3.57. The van der Waals surface area contributed by atoms with Crippen molar-refractivity contribution in [2.45, 2.75) is 13.8 Å². The third-order valence-corrected chi connectivity index (χ3v) is 5.21. The summed E-state index contributed by atoms with van der Waals surface area (Å²) in [7, 11) is 0. The SMILES string of the molecule is Cc1cccc(N2CCN(c3ncnc(-n4ccnc4)c3[N+](=O)[O-])CC2)c1C. The number of rotatable bonds is 4. The molecule has 0 spiro atoms. The lowest BCUT2D eigenvalue weighted by atomic mass is 10.1. The summed E-state index contributed by atoms with van der Waals surface area (Å²) in [5.41, 5.74) is 3.65. The van der Waals surface area contributed by atoms with E-state index in [0.29, 0.717) is 18.9 Å². The van der Waals surface area contributed by atoms with Crippen molar-refractivity contribution in [1.82, 2.24) is 19.5 Å². The summed E-state index contributed by atoms with van der Waals surface area (Å²) in [5, 5.41) is 11.8. The van der Waals surface area contributed by atoms with E-state index in [2.05, 4.69) is 51.9 Å². The van der Waals surface area contributed by atoms with Crippen molar-refractivity contribution in [2.75, 3.05) is 36.0 Å². The first-order valence-electron chi connectivity index (χ1n) is 9.10. The molecular formula is C19H21N7O2. The summed E-state index contributed by atoms with van der Waals surface area (Å²) in [6, 6.07) is 6.30. The molecule has 28 heavy (non-hydrogen) atoms. The standard InChI is InChI=1S/C19H21N7O2/c1-14-4-3-5-16(15(14)2)23-8-10-24(11-9-23)18-17(26(27)28)19(22-12-21-18)25-7-6-20-13-25/h3-7,12-13H,8-11H2,1-2H3. The number of benzene rings is 1. The first kappa shape index (κ1) is 17.9. The fourth-order valence-corrected chi connectivity index (χ4v) is 3.57. The van der Waals surface area contributed by atoms with Crippen LogP contribution in [0.25, 0.3) is 5.82 Å². The van der Waals surface area contributed by atoms with Crippen molar-refractivity contribution < 1.29 is 4.92 Å². The lowest BCUT2D eigenvalue weighted by Gasteiger charge is -2.37. The highest BCUT2D eigenvalue weighted by Crippen LogP contribution is 2.32. The monoisotopic (exact) mass is 379 g/mol. The van der Waals surface area contributed by atoms with Crippen LogP contribution in [0, 0.1) is 24.0 Å². The highest BCUT2D eigenvalue weighted by Gasteiger charge is 2.30. The van der Waals surface area contributed by atoms with E-state index >= 15 is 0 Å². The molecule has 3 aromatic rings. The van der Waals surface area contributed by atoms with Gasteiger partial charge in [0.05, 0.1) is 4.92 Å². The molecule has 3 heterocycles. The molecule has 1 aliphatic heterocycles. The Morgan fingerprint density at radius 3 is 2.43 bits per heavy atom. The van der Waals surface area contributed by atoms with Crippen LogP contribution < -0.4 is 9.80 Å². The lowest BCUT2D eigenvalue weighted by molar-refractivity contribution is -0.384. The van der Waals surface area contributed by atoms with Gasteiger partial charge >= 0.3 is 5.69 Å². The predicted octanol–water partition coefficient (Wildman–Crippen LogP) is 2.51. The summed E-state index contributed by atoms with van der Waals surface area (Å²) in [4.78, 5) is 28.0. The number of hydrogen-bond donors (Lipinski definition) is 0. The van der Waals surface area contributed by atoms with Crippen LogP contribution in [0.3, 0.4) is 0 Å². The summed E-state index contributed by atoms with van der Waals surface area (Å²) < 4.78 is 1.54. The molecule has 0 aliphatic carbocycles. The summed E-state index contributed by atoms with van der Waals surface area (Å²) >= 11 is 0. The number of imidazole rings is 1. The van der Waals surface area contributed by atoms with E-state index in [1.165, 1.54) is 34.0 Å². The number of hydrogen-bond acceptors (Lipinski definition) is 7. The predicted molar refractivity (Wildman–Crippen MR) is 106 cm³/mol. The van der Waals surface area contributed by atoms with Gasteiger partial charge in [-0.1, -0.05) is 12.1 Å². The van der Waals surface area contributed by atoms with Gasteiger partial charge in [-0.3, -0.25) is 14.7 Å². The van der Waals surface area contributed by atoms with Crippen LogP contribution in [0.4, 0.5) is 17.2 Å². The second-order valence-electron chi connectivity index (χ2n) is 6.79. The maximum Gasteiger partial charge on any atom is 0.354 e. The van der Waals surface area contributed by atoms with Crippen molar-refractivity contribution >= 4 is 17.2 Å². The molecule has 0 N–H and O–H groups in total. The van der Waals surface area contributed by atoms with Gasteiger partial charge in [-0.2, -0.15) is 0 Å². The highest BCUT2D eigenvalue weighted by molar-refractivity contribution is 5.66. The Labute approximate surface area is 162 Å². The molecule has 0 bridgehead atoms. The highest BCUT2D eigenvalue weighted by atomic mass is 16.6. The molecule has 2 aromatic heterocycles. The topological polar surface area (TPSA) is 93.2 Å². The molecule has 0 atom stereocenters. The van der Waals surface area contributed by atoms with Gasteiger partial charge in [0.2, 0.25) is 11.6 Å². The Morgan fingerprint density at radius 1 is 1.04 bits per heavy atom. The molecule has 4 rings (SSSR count). The Kier molecular flexibility index (Phi) is 4.64. The summed E-state index contributed by atoms with van der Waals surface area (Å²) in [5.74, 6) is 0.578. The third kappa shape index (κ3) is 3.15. The van der Waals surface area contributed by atoms with Crippen LogP contribution in [-0.4, -0.2) is 50.6 Å². The number of piperazine rings is 1. The normalized spacial score (nSPS) is 14.4. The quantitative estimate of drug-likeness (QED) is 0.508. The van der Waals surface area contributed by atoms with Crippen molar-refractivity contribution in [1.29, 1.82) is 0 Å². The average molecular weight is 379 g/mol. The molecule has 1 saturated heterocycles. The third-order valence-electron chi connectivity index (χ3n) is 5.21. The van der Waals surface area contributed by atoms with Crippen LogP contribution >= 0.6 is 0 Å². The van der Waals surface area contributed by atoms with E-state index in [1.54, 1.807) is 12.4 Å². The molecule has 1 aliphatic rings. The zero-order valence-corrected chi connectivity index (χ0v) is 15.8. The molecule has 0 amide bonds. The molecule has 0 saturated carbocycles. The van der Waals surface area contributed by atoms with E-state index in [9.17, 15) is 10.1 Å². The second-order valence-corrected chi connectivity index (χ2v) is 6.79. The lowest BCUT2D eigenvalue weighted by Crippen LogP contribution is -2.47. The minimum absolute atomic E-state index is 0.0966. The smallest absolute Gasteiger partial charge is 0.354 e. The van der Waals surface area contributed by atoms with Crippen LogP contribution in [0.2, 0.25) is 0 Å². The van der Waals surface area contributed by atoms with Gasteiger partial charge in [0.1, 0.15) is 12.7 Å². The summed E-state index contributed by atoms with van der Waals surface area (Å²) in [6.45, 7) is 7.07. The van der Waals surface area contributed by atoms with Gasteiger partial charge in [-0.25, -0.2) is 15.0 Å². The zero-order valence-electron chi connectivity index (χ0n) is 15.8. The van der Waals surface area contributed by atoms with Crippen LogP contribution in [0.15, 0.2) is 43.2 Å².